The number of halogens is 2. The summed E-state index contributed by atoms with van der Waals surface area (Å²) in [6, 6.07) is 3.45. The Hall–Kier alpha value is -1.12. The Morgan fingerprint density at radius 1 is 1.28 bits per heavy atom. The normalized spacial score (nSPS) is 13.9. The summed E-state index contributed by atoms with van der Waals surface area (Å²) >= 11 is 12.2. The van der Waals surface area contributed by atoms with Gasteiger partial charge in [-0.3, -0.25) is 9.78 Å². The molecule has 0 saturated heterocycles. The zero-order valence-electron chi connectivity index (χ0n) is 9.89. The lowest BCUT2D eigenvalue weighted by molar-refractivity contribution is 0.101. The van der Waals surface area contributed by atoms with E-state index in [9.17, 15) is 4.79 Å². The fraction of sp³-hybridized carbons (Fsp3) is 0.286. The number of pyridine rings is 1. The highest BCUT2D eigenvalue weighted by Crippen LogP contribution is 2.35. The molecule has 4 heteroatoms. The Bertz CT molecular complexity index is 679. The molecule has 2 nitrogen and oxygen atoms in total. The van der Waals surface area contributed by atoms with Crippen LogP contribution in [-0.2, 0) is 12.8 Å². The van der Waals surface area contributed by atoms with E-state index in [1.54, 1.807) is 19.1 Å². The zero-order chi connectivity index (χ0) is 12.9. The van der Waals surface area contributed by atoms with Crippen molar-refractivity contribution in [3.63, 3.8) is 0 Å². The molecule has 92 valence electrons. The van der Waals surface area contributed by atoms with Gasteiger partial charge in [-0.05, 0) is 43.9 Å². The molecular formula is C14H11Cl2NO. The lowest BCUT2D eigenvalue weighted by Gasteiger charge is -2.11. The molecule has 1 heterocycles. The van der Waals surface area contributed by atoms with Gasteiger partial charge >= 0.3 is 0 Å². The molecule has 0 radical (unpaired) electrons. The van der Waals surface area contributed by atoms with E-state index in [1.807, 2.05) is 0 Å². The molecule has 18 heavy (non-hydrogen) atoms. The van der Waals surface area contributed by atoms with Crippen molar-refractivity contribution in [1.82, 2.24) is 4.98 Å². The Morgan fingerprint density at radius 2 is 2.06 bits per heavy atom. The highest BCUT2D eigenvalue weighted by Gasteiger charge is 2.22. The van der Waals surface area contributed by atoms with Gasteiger partial charge < -0.3 is 0 Å². The minimum atomic E-state index is 0.0545. The first kappa shape index (κ1) is 11.9. The van der Waals surface area contributed by atoms with Crippen LogP contribution in [0.2, 0.25) is 10.0 Å². The third-order valence-corrected chi connectivity index (χ3v) is 3.89. The molecule has 0 unspecified atom stereocenters. The van der Waals surface area contributed by atoms with Gasteiger partial charge in [0.25, 0.3) is 0 Å². The maximum absolute atomic E-state index is 11.9. The highest BCUT2D eigenvalue weighted by atomic mass is 35.5. The quantitative estimate of drug-likeness (QED) is 0.731. The number of carbonyl (C=O) groups is 1. The van der Waals surface area contributed by atoms with Gasteiger partial charge in [0.05, 0.1) is 10.5 Å². The van der Waals surface area contributed by atoms with Gasteiger partial charge in [0.15, 0.2) is 5.78 Å². The van der Waals surface area contributed by atoms with Gasteiger partial charge in [-0.25, -0.2) is 0 Å². The summed E-state index contributed by atoms with van der Waals surface area (Å²) in [5.41, 5.74) is 3.52. The molecule has 0 aliphatic heterocycles. The van der Waals surface area contributed by atoms with Crippen molar-refractivity contribution in [2.75, 3.05) is 0 Å². The van der Waals surface area contributed by atoms with E-state index in [4.69, 9.17) is 23.2 Å². The van der Waals surface area contributed by atoms with E-state index in [-0.39, 0.29) is 5.78 Å². The number of rotatable bonds is 1. The van der Waals surface area contributed by atoms with Gasteiger partial charge in [-0.15, -0.1) is 0 Å². The van der Waals surface area contributed by atoms with Gasteiger partial charge in [0.1, 0.15) is 0 Å². The molecule has 1 aliphatic rings. The molecular weight excluding hydrogens is 269 g/mol. The third kappa shape index (κ3) is 1.72. The topological polar surface area (TPSA) is 30.0 Å². The predicted molar refractivity (Wildman–Crippen MR) is 73.8 cm³/mol. The third-order valence-electron chi connectivity index (χ3n) is 3.39. The molecule has 0 N–H and O–H groups in total. The summed E-state index contributed by atoms with van der Waals surface area (Å²) in [6.07, 6.45) is 2.88. The Balaban J connectivity index is 2.50. The fourth-order valence-corrected chi connectivity index (χ4v) is 3.23. The number of aromatic nitrogens is 1. The van der Waals surface area contributed by atoms with Crippen LogP contribution in [0.25, 0.3) is 10.9 Å². The van der Waals surface area contributed by atoms with Crippen molar-refractivity contribution in [1.29, 1.82) is 0 Å². The summed E-state index contributed by atoms with van der Waals surface area (Å²) in [7, 11) is 0. The molecule has 0 fully saturated rings. The highest BCUT2D eigenvalue weighted by molar-refractivity contribution is 6.38. The number of hydrogen-bond acceptors (Lipinski definition) is 2. The summed E-state index contributed by atoms with van der Waals surface area (Å²) < 4.78 is 0. The average molecular weight is 280 g/mol. The van der Waals surface area contributed by atoms with Crippen LogP contribution in [0, 0.1) is 0 Å². The second-order valence-electron chi connectivity index (χ2n) is 4.61. The van der Waals surface area contributed by atoms with Gasteiger partial charge in [0, 0.05) is 21.7 Å². The molecule has 0 spiro atoms. The van der Waals surface area contributed by atoms with Crippen molar-refractivity contribution in [3.8, 4) is 0 Å². The number of benzene rings is 1. The summed E-state index contributed by atoms with van der Waals surface area (Å²) in [5.74, 6) is 0.0545. The SMILES string of the molecule is CC(=O)c1c2c(nc3c(Cl)cc(Cl)cc13)CCC2. The smallest absolute Gasteiger partial charge is 0.160 e. The minimum absolute atomic E-state index is 0.0545. The Kier molecular flexibility index (Phi) is 2.80. The molecule has 3 rings (SSSR count). The summed E-state index contributed by atoms with van der Waals surface area (Å²) in [6.45, 7) is 1.59. The van der Waals surface area contributed by atoms with Crippen LogP contribution in [0.3, 0.4) is 0 Å². The summed E-state index contributed by atoms with van der Waals surface area (Å²) in [5, 5.41) is 1.82. The van der Waals surface area contributed by atoms with Crippen molar-refractivity contribution < 1.29 is 4.79 Å². The van der Waals surface area contributed by atoms with Crippen molar-refractivity contribution in [3.05, 3.63) is 39.0 Å². The van der Waals surface area contributed by atoms with Gasteiger partial charge in [0.2, 0.25) is 0 Å². The molecule has 1 aromatic carbocycles. The van der Waals surface area contributed by atoms with Crippen LogP contribution in [0.4, 0.5) is 0 Å². The molecule has 0 saturated carbocycles. The number of aryl methyl sites for hydroxylation is 1. The van der Waals surface area contributed by atoms with Crippen LogP contribution < -0.4 is 0 Å². The van der Waals surface area contributed by atoms with Crippen molar-refractivity contribution in [2.45, 2.75) is 26.2 Å². The van der Waals surface area contributed by atoms with Crippen LogP contribution in [0.1, 0.15) is 35.0 Å². The first-order valence-electron chi connectivity index (χ1n) is 5.89. The largest absolute Gasteiger partial charge is 0.294 e. The predicted octanol–water partition coefficient (Wildman–Crippen LogP) is 4.23. The molecule has 0 amide bonds. The average Bonchev–Trinajstić information content (AvgIpc) is 2.73. The minimum Gasteiger partial charge on any atom is -0.294 e. The maximum atomic E-state index is 11.9. The molecule has 2 aromatic rings. The van der Waals surface area contributed by atoms with E-state index < -0.39 is 0 Å². The number of fused-ring (bicyclic) bond motifs is 2. The van der Waals surface area contributed by atoms with Gasteiger partial charge in [-0.1, -0.05) is 23.2 Å². The number of nitrogens with zero attached hydrogens (tertiary/aromatic N) is 1. The van der Waals surface area contributed by atoms with Gasteiger partial charge in [-0.2, -0.15) is 0 Å². The first-order chi connectivity index (χ1) is 8.58. The van der Waals surface area contributed by atoms with Crippen LogP contribution in [0.5, 0.6) is 0 Å². The zero-order valence-corrected chi connectivity index (χ0v) is 11.4. The second kappa shape index (κ2) is 4.22. The Morgan fingerprint density at radius 3 is 2.78 bits per heavy atom. The molecule has 0 atom stereocenters. The van der Waals surface area contributed by atoms with Crippen LogP contribution >= 0.6 is 23.2 Å². The Labute approximate surface area is 115 Å². The first-order valence-corrected chi connectivity index (χ1v) is 6.65. The molecule has 1 aliphatic carbocycles. The van der Waals surface area contributed by atoms with Crippen LogP contribution in [0.15, 0.2) is 12.1 Å². The fourth-order valence-electron chi connectivity index (χ4n) is 2.69. The standard InChI is InChI=1S/C14H11Cl2NO/c1-7(18)13-9-3-2-4-12(9)17-14-10(13)5-8(15)6-11(14)16/h5-6H,2-4H2,1H3. The summed E-state index contributed by atoms with van der Waals surface area (Å²) in [4.78, 5) is 16.5. The number of carbonyl (C=O) groups excluding carboxylic acids is 1. The van der Waals surface area contributed by atoms with E-state index >= 15 is 0 Å². The number of ketones is 1. The molecule has 0 bridgehead atoms. The lowest BCUT2D eigenvalue weighted by atomic mass is 9.98. The molecule has 1 aromatic heterocycles. The van der Waals surface area contributed by atoms with E-state index in [0.29, 0.717) is 15.6 Å². The lowest BCUT2D eigenvalue weighted by Crippen LogP contribution is -2.03. The number of hydrogen-bond donors (Lipinski definition) is 0. The van der Waals surface area contributed by atoms with Crippen molar-refractivity contribution in [2.24, 2.45) is 0 Å². The number of Topliss-reactive ketones (excluding diaryl/α,β-unsaturated/α-hetero) is 1. The van der Waals surface area contributed by atoms with E-state index in [1.165, 1.54) is 0 Å². The van der Waals surface area contributed by atoms with E-state index in [2.05, 4.69) is 4.98 Å². The maximum Gasteiger partial charge on any atom is 0.160 e. The van der Waals surface area contributed by atoms with E-state index in [0.717, 1.165) is 41.5 Å². The van der Waals surface area contributed by atoms with Crippen LogP contribution in [-0.4, -0.2) is 10.8 Å². The van der Waals surface area contributed by atoms with Crippen molar-refractivity contribution >= 4 is 39.9 Å². The monoisotopic (exact) mass is 279 g/mol. The second-order valence-corrected chi connectivity index (χ2v) is 5.45.